The van der Waals surface area contributed by atoms with Gasteiger partial charge in [0.1, 0.15) is 5.75 Å². The van der Waals surface area contributed by atoms with Crippen LogP contribution in [0.25, 0.3) is 0 Å². The SMILES string of the molecule is O=C(Cc1cccc(O)c1)NCC1CCCC1Cl. The van der Waals surface area contributed by atoms with Gasteiger partial charge >= 0.3 is 0 Å². The van der Waals surface area contributed by atoms with Gasteiger partial charge in [-0.2, -0.15) is 0 Å². The lowest BCUT2D eigenvalue weighted by Crippen LogP contribution is -2.32. The van der Waals surface area contributed by atoms with Crippen LogP contribution < -0.4 is 5.32 Å². The first kappa shape index (κ1) is 13.2. The maximum absolute atomic E-state index is 11.8. The summed E-state index contributed by atoms with van der Waals surface area (Å²) in [6.07, 6.45) is 3.60. The van der Waals surface area contributed by atoms with Crippen LogP contribution in [-0.4, -0.2) is 22.9 Å². The summed E-state index contributed by atoms with van der Waals surface area (Å²) in [5, 5.41) is 12.4. The molecule has 0 spiro atoms. The minimum Gasteiger partial charge on any atom is -0.508 e. The lowest BCUT2D eigenvalue weighted by Gasteiger charge is -2.14. The summed E-state index contributed by atoms with van der Waals surface area (Å²) in [5.41, 5.74) is 0.821. The fraction of sp³-hybridized carbons (Fsp3) is 0.500. The van der Waals surface area contributed by atoms with E-state index in [9.17, 15) is 9.90 Å². The number of amides is 1. The monoisotopic (exact) mass is 267 g/mol. The van der Waals surface area contributed by atoms with Gasteiger partial charge in [-0.1, -0.05) is 18.6 Å². The molecule has 1 saturated carbocycles. The Morgan fingerprint density at radius 2 is 2.28 bits per heavy atom. The Morgan fingerprint density at radius 3 is 2.94 bits per heavy atom. The lowest BCUT2D eigenvalue weighted by molar-refractivity contribution is -0.120. The fourth-order valence-electron chi connectivity index (χ4n) is 2.38. The number of phenols is 1. The van der Waals surface area contributed by atoms with Crippen LogP contribution in [0.1, 0.15) is 24.8 Å². The number of hydrogen-bond acceptors (Lipinski definition) is 2. The maximum atomic E-state index is 11.8. The smallest absolute Gasteiger partial charge is 0.224 e. The number of phenolic OH excluding ortho intramolecular Hbond substituents is 1. The van der Waals surface area contributed by atoms with E-state index in [1.165, 1.54) is 0 Å². The molecular weight excluding hydrogens is 250 g/mol. The Hall–Kier alpha value is -1.22. The van der Waals surface area contributed by atoms with Crippen LogP contribution in [0, 0.1) is 5.92 Å². The predicted octanol–water partition coefficient (Wildman–Crippen LogP) is 2.46. The number of rotatable bonds is 4. The molecule has 0 heterocycles. The summed E-state index contributed by atoms with van der Waals surface area (Å²) in [6, 6.07) is 6.78. The van der Waals surface area contributed by atoms with Crippen molar-refractivity contribution in [2.45, 2.75) is 31.1 Å². The van der Waals surface area contributed by atoms with Gasteiger partial charge in [0, 0.05) is 11.9 Å². The lowest BCUT2D eigenvalue weighted by atomic mass is 10.1. The molecule has 1 amide bonds. The van der Waals surface area contributed by atoms with E-state index in [0.29, 0.717) is 18.9 Å². The molecule has 1 aromatic carbocycles. The number of alkyl halides is 1. The molecule has 18 heavy (non-hydrogen) atoms. The summed E-state index contributed by atoms with van der Waals surface area (Å²) < 4.78 is 0. The highest BCUT2D eigenvalue weighted by Crippen LogP contribution is 2.29. The van der Waals surface area contributed by atoms with Crippen molar-refractivity contribution in [1.29, 1.82) is 0 Å². The number of aromatic hydroxyl groups is 1. The number of carbonyl (C=O) groups is 1. The third kappa shape index (κ3) is 3.64. The van der Waals surface area contributed by atoms with E-state index in [1.807, 2.05) is 6.07 Å². The second kappa shape index (κ2) is 6.10. The van der Waals surface area contributed by atoms with E-state index >= 15 is 0 Å². The van der Waals surface area contributed by atoms with Gasteiger partial charge in [0.05, 0.1) is 6.42 Å². The number of hydrogen-bond donors (Lipinski definition) is 2. The topological polar surface area (TPSA) is 49.3 Å². The van der Waals surface area contributed by atoms with Gasteiger partial charge in [-0.25, -0.2) is 0 Å². The largest absolute Gasteiger partial charge is 0.508 e. The highest BCUT2D eigenvalue weighted by atomic mass is 35.5. The minimum atomic E-state index is -0.0173. The van der Waals surface area contributed by atoms with Crippen molar-refractivity contribution >= 4 is 17.5 Å². The third-order valence-electron chi connectivity index (χ3n) is 3.40. The molecule has 4 heteroatoms. The molecule has 0 aromatic heterocycles. The van der Waals surface area contributed by atoms with Crippen LogP contribution in [0.4, 0.5) is 0 Å². The first-order chi connectivity index (χ1) is 8.65. The molecule has 1 aromatic rings. The van der Waals surface area contributed by atoms with Gasteiger partial charge in [0.25, 0.3) is 0 Å². The van der Waals surface area contributed by atoms with Crippen LogP contribution in [0.2, 0.25) is 0 Å². The summed E-state index contributed by atoms with van der Waals surface area (Å²) >= 11 is 6.16. The third-order valence-corrected chi connectivity index (χ3v) is 3.98. The Balaban J connectivity index is 1.78. The van der Waals surface area contributed by atoms with Crippen molar-refractivity contribution < 1.29 is 9.90 Å². The van der Waals surface area contributed by atoms with Gasteiger partial charge in [-0.15, -0.1) is 11.6 Å². The molecule has 2 atom stereocenters. The first-order valence-corrected chi connectivity index (χ1v) is 6.77. The van der Waals surface area contributed by atoms with Gasteiger partial charge in [-0.3, -0.25) is 4.79 Å². The quantitative estimate of drug-likeness (QED) is 0.824. The van der Waals surface area contributed by atoms with Gasteiger partial charge < -0.3 is 10.4 Å². The summed E-state index contributed by atoms with van der Waals surface area (Å²) in [6.45, 7) is 0.659. The van der Waals surface area contributed by atoms with Crippen molar-refractivity contribution in [2.75, 3.05) is 6.54 Å². The van der Waals surface area contributed by atoms with Crippen molar-refractivity contribution in [1.82, 2.24) is 5.32 Å². The van der Waals surface area contributed by atoms with Crippen LogP contribution in [0.15, 0.2) is 24.3 Å². The number of nitrogens with one attached hydrogen (secondary N) is 1. The summed E-state index contributed by atoms with van der Waals surface area (Å²) in [4.78, 5) is 11.8. The molecule has 1 aliphatic rings. The zero-order valence-electron chi connectivity index (χ0n) is 10.2. The molecule has 2 unspecified atom stereocenters. The zero-order chi connectivity index (χ0) is 13.0. The average molecular weight is 268 g/mol. The summed E-state index contributed by atoms with van der Waals surface area (Å²) in [7, 11) is 0. The van der Waals surface area contributed by atoms with Crippen molar-refractivity contribution in [3.8, 4) is 5.75 Å². The highest BCUT2D eigenvalue weighted by Gasteiger charge is 2.25. The van der Waals surface area contributed by atoms with Crippen molar-refractivity contribution in [3.05, 3.63) is 29.8 Å². The van der Waals surface area contributed by atoms with Crippen LogP contribution in [0.5, 0.6) is 5.75 Å². The molecule has 2 rings (SSSR count). The van der Waals surface area contributed by atoms with E-state index < -0.39 is 0 Å². The standard InChI is InChI=1S/C14H18ClNO2/c15-13-6-2-4-11(13)9-16-14(18)8-10-3-1-5-12(17)7-10/h1,3,5,7,11,13,17H,2,4,6,8-9H2,(H,16,18). The van der Waals surface area contributed by atoms with Crippen molar-refractivity contribution in [3.63, 3.8) is 0 Å². The zero-order valence-corrected chi connectivity index (χ0v) is 11.0. The number of benzene rings is 1. The van der Waals surface area contributed by atoms with E-state index in [0.717, 1.165) is 24.8 Å². The Labute approximate surface area is 112 Å². The minimum absolute atomic E-state index is 0.0173. The highest BCUT2D eigenvalue weighted by molar-refractivity contribution is 6.20. The van der Waals surface area contributed by atoms with Gasteiger partial charge in [0.15, 0.2) is 0 Å². The molecule has 2 N–H and O–H groups in total. The van der Waals surface area contributed by atoms with E-state index in [1.54, 1.807) is 18.2 Å². The van der Waals surface area contributed by atoms with Crippen molar-refractivity contribution in [2.24, 2.45) is 5.92 Å². The molecule has 98 valence electrons. The summed E-state index contributed by atoms with van der Waals surface area (Å²) in [5.74, 6) is 0.577. The Bertz CT molecular complexity index is 422. The molecule has 0 saturated heterocycles. The van der Waals surface area contributed by atoms with Gasteiger partial charge in [-0.05, 0) is 36.5 Å². The first-order valence-electron chi connectivity index (χ1n) is 6.34. The molecule has 0 radical (unpaired) electrons. The normalized spacial score (nSPS) is 22.9. The number of halogens is 1. The number of carbonyl (C=O) groups excluding carboxylic acids is 1. The van der Waals surface area contributed by atoms with Crippen LogP contribution in [-0.2, 0) is 11.2 Å². The van der Waals surface area contributed by atoms with Crippen LogP contribution in [0.3, 0.4) is 0 Å². The average Bonchev–Trinajstić information content (AvgIpc) is 2.72. The van der Waals surface area contributed by atoms with Gasteiger partial charge in [0.2, 0.25) is 5.91 Å². The second-order valence-corrected chi connectivity index (χ2v) is 5.42. The van der Waals surface area contributed by atoms with E-state index in [4.69, 9.17) is 11.6 Å². The second-order valence-electron chi connectivity index (χ2n) is 4.86. The van der Waals surface area contributed by atoms with E-state index in [2.05, 4.69) is 5.32 Å². The van der Waals surface area contributed by atoms with Crippen LogP contribution >= 0.6 is 11.6 Å². The Kier molecular flexibility index (Phi) is 4.48. The fourth-order valence-corrected chi connectivity index (χ4v) is 2.75. The molecule has 0 aliphatic heterocycles. The molecule has 1 fully saturated rings. The molecule has 3 nitrogen and oxygen atoms in total. The molecule has 1 aliphatic carbocycles. The van der Waals surface area contributed by atoms with E-state index in [-0.39, 0.29) is 17.0 Å². The molecular formula is C14H18ClNO2. The molecule has 0 bridgehead atoms. The maximum Gasteiger partial charge on any atom is 0.224 e. The Morgan fingerprint density at radius 1 is 1.44 bits per heavy atom. The predicted molar refractivity (Wildman–Crippen MR) is 71.8 cm³/mol.